The molecule has 0 saturated carbocycles. The topological polar surface area (TPSA) is 62.6 Å². The second-order valence-corrected chi connectivity index (χ2v) is 6.01. The van der Waals surface area contributed by atoms with Gasteiger partial charge in [0.05, 0.1) is 12.3 Å². The van der Waals surface area contributed by atoms with E-state index in [1.54, 1.807) is 48.3 Å². The number of hydrogen-bond donors (Lipinski definition) is 1. The molecule has 2 aromatic carbocycles. The van der Waals surface area contributed by atoms with Crippen LogP contribution in [0, 0.1) is 0 Å². The summed E-state index contributed by atoms with van der Waals surface area (Å²) in [6.45, 7) is 1.99. The lowest BCUT2D eigenvalue weighted by Crippen LogP contribution is -2.29. The van der Waals surface area contributed by atoms with Crippen molar-refractivity contribution >= 4 is 17.5 Å². The quantitative estimate of drug-likeness (QED) is 0.745. The molecule has 0 saturated heterocycles. The van der Waals surface area contributed by atoms with Crippen molar-refractivity contribution in [3.8, 4) is 0 Å². The van der Waals surface area contributed by atoms with Gasteiger partial charge in [-0.1, -0.05) is 30.3 Å². The maximum atomic E-state index is 12.7. The Balaban J connectivity index is 1.67. The molecule has 3 rings (SSSR count). The lowest BCUT2D eigenvalue weighted by molar-refractivity contribution is 0.0742. The summed E-state index contributed by atoms with van der Waals surface area (Å²) in [5, 5.41) is 2.73. The van der Waals surface area contributed by atoms with Crippen LogP contribution in [0.5, 0.6) is 0 Å². The zero-order valence-electron chi connectivity index (χ0n) is 14.7. The smallest absolute Gasteiger partial charge is 0.291 e. The fourth-order valence-electron chi connectivity index (χ4n) is 2.63. The van der Waals surface area contributed by atoms with E-state index in [-0.39, 0.29) is 23.6 Å². The number of carbonyl (C=O) groups excluding carboxylic acids is 2. The molecule has 2 amide bonds. The highest BCUT2D eigenvalue weighted by Crippen LogP contribution is 2.21. The maximum Gasteiger partial charge on any atom is 0.291 e. The van der Waals surface area contributed by atoms with Crippen LogP contribution in [0.4, 0.5) is 5.69 Å². The van der Waals surface area contributed by atoms with Crippen LogP contribution >= 0.6 is 0 Å². The van der Waals surface area contributed by atoms with E-state index in [1.165, 1.54) is 6.26 Å². The van der Waals surface area contributed by atoms with E-state index in [4.69, 9.17) is 4.42 Å². The van der Waals surface area contributed by atoms with Crippen molar-refractivity contribution in [2.45, 2.75) is 13.0 Å². The summed E-state index contributed by atoms with van der Waals surface area (Å²) in [4.78, 5) is 26.4. The first-order valence-corrected chi connectivity index (χ1v) is 8.33. The van der Waals surface area contributed by atoms with Gasteiger partial charge in [0.1, 0.15) is 0 Å². The Morgan fingerprint density at radius 2 is 1.65 bits per heavy atom. The van der Waals surface area contributed by atoms with Gasteiger partial charge in [0.25, 0.3) is 11.8 Å². The number of rotatable bonds is 5. The van der Waals surface area contributed by atoms with Gasteiger partial charge in [-0.05, 0) is 48.9 Å². The SMILES string of the molecule is C[C@@H](c1ccccc1)N(C)C(=O)c1ccc(NC(=O)c2ccco2)cc1. The second kappa shape index (κ2) is 7.70. The van der Waals surface area contributed by atoms with Crippen molar-refractivity contribution in [3.63, 3.8) is 0 Å². The van der Waals surface area contributed by atoms with Crippen molar-refractivity contribution in [1.82, 2.24) is 4.90 Å². The molecule has 5 heteroatoms. The lowest BCUT2D eigenvalue weighted by atomic mass is 10.1. The molecular formula is C21H20N2O3. The number of anilines is 1. The molecule has 0 aliphatic carbocycles. The molecule has 0 aliphatic rings. The monoisotopic (exact) mass is 348 g/mol. The number of benzene rings is 2. The minimum absolute atomic E-state index is 0.0398. The molecular weight excluding hydrogens is 328 g/mol. The fourth-order valence-corrected chi connectivity index (χ4v) is 2.63. The summed E-state index contributed by atoms with van der Waals surface area (Å²) in [6, 6.07) is 19.9. The third kappa shape index (κ3) is 3.83. The van der Waals surface area contributed by atoms with Gasteiger partial charge in [0.15, 0.2) is 5.76 Å². The highest BCUT2D eigenvalue weighted by molar-refractivity contribution is 6.02. The van der Waals surface area contributed by atoms with Gasteiger partial charge in [-0.15, -0.1) is 0 Å². The van der Waals surface area contributed by atoms with Gasteiger partial charge in [0, 0.05) is 18.3 Å². The Kier molecular flexibility index (Phi) is 5.17. The van der Waals surface area contributed by atoms with Crippen LogP contribution in [-0.4, -0.2) is 23.8 Å². The molecule has 26 heavy (non-hydrogen) atoms. The Bertz CT molecular complexity index is 871. The molecule has 3 aromatic rings. The summed E-state index contributed by atoms with van der Waals surface area (Å²) in [6.07, 6.45) is 1.44. The van der Waals surface area contributed by atoms with Crippen LogP contribution in [0.15, 0.2) is 77.4 Å². The van der Waals surface area contributed by atoms with Crippen molar-refractivity contribution < 1.29 is 14.0 Å². The van der Waals surface area contributed by atoms with E-state index in [1.807, 2.05) is 37.3 Å². The van der Waals surface area contributed by atoms with Crippen molar-refractivity contribution in [2.75, 3.05) is 12.4 Å². The third-order valence-electron chi connectivity index (χ3n) is 4.32. The average Bonchev–Trinajstić information content (AvgIpc) is 3.22. The Labute approximate surface area is 152 Å². The van der Waals surface area contributed by atoms with Crippen molar-refractivity contribution in [1.29, 1.82) is 0 Å². The molecule has 1 aromatic heterocycles. The van der Waals surface area contributed by atoms with Crippen molar-refractivity contribution in [3.05, 3.63) is 89.9 Å². The Morgan fingerprint density at radius 1 is 0.962 bits per heavy atom. The first-order valence-electron chi connectivity index (χ1n) is 8.33. The van der Waals surface area contributed by atoms with E-state index >= 15 is 0 Å². The number of furan rings is 1. The third-order valence-corrected chi connectivity index (χ3v) is 4.32. The Hall–Kier alpha value is -3.34. The van der Waals surface area contributed by atoms with Gasteiger partial charge in [0.2, 0.25) is 0 Å². The molecule has 1 N–H and O–H groups in total. The van der Waals surface area contributed by atoms with Crippen LogP contribution < -0.4 is 5.32 Å². The number of amides is 2. The average molecular weight is 348 g/mol. The number of nitrogens with one attached hydrogen (secondary N) is 1. The molecule has 0 fully saturated rings. The number of hydrogen-bond acceptors (Lipinski definition) is 3. The molecule has 0 unspecified atom stereocenters. The van der Waals surface area contributed by atoms with E-state index in [2.05, 4.69) is 5.32 Å². The van der Waals surface area contributed by atoms with E-state index in [9.17, 15) is 9.59 Å². The molecule has 5 nitrogen and oxygen atoms in total. The summed E-state index contributed by atoms with van der Waals surface area (Å²) >= 11 is 0. The highest BCUT2D eigenvalue weighted by atomic mass is 16.3. The van der Waals surface area contributed by atoms with Crippen LogP contribution in [0.2, 0.25) is 0 Å². The van der Waals surface area contributed by atoms with Crippen LogP contribution in [0.25, 0.3) is 0 Å². The van der Waals surface area contributed by atoms with E-state index < -0.39 is 0 Å². The summed E-state index contributed by atoms with van der Waals surface area (Å²) in [7, 11) is 1.78. The molecule has 0 bridgehead atoms. The van der Waals surface area contributed by atoms with Gasteiger partial charge in [-0.25, -0.2) is 0 Å². The molecule has 0 spiro atoms. The van der Waals surface area contributed by atoms with Crippen LogP contribution in [-0.2, 0) is 0 Å². The van der Waals surface area contributed by atoms with Crippen molar-refractivity contribution in [2.24, 2.45) is 0 Å². The first-order chi connectivity index (χ1) is 12.6. The van der Waals surface area contributed by atoms with Crippen LogP contribution in [0.3, 0.4) is 0 Å². The maximum absolute atomic E-state index is 12.7. The summed E-state index contributed by atoms with van der Waals surface area (Å²) in [5.74, 6) is -0.171. The lowest BCUT2D eigenvalue weighted by Gasteiger charge is -2.25. The normalized spacial score (nSPS) is 11.6. The minimum Gasteiger partial charge on any atom is -0.459 e. The minimum atomic E-state index is -0.330. The molecule has 132 valence electrons. The highest BCUT2D eigenvalue weighted by Gasteiger charge is 2.19. The first kappa shape index (κ1) is 17.5. The predicted octanol–water partition coefficient (Wildman–Crippen LogP) is 4.37. The number of nitrogens with zero attached hydrogens (tertiary/aromatic N) is 1. The summed E-state index contributed by atoms with van der Waals surface area (Å²) in [5.41, 5.74) is 2.23. The zero-order valence-corrected chi connectivity index (χ0v) is 14.7. The number of carbonyl (C=O) groups is 2. The van der Waals surface area contributed by atoms with Crippen LogP contribution in [0.1, 0.15) is 39.4 Å². The van der Waals surface area contributed by atoms with Gasteiger partial charge in [-0.2, -0.15) is 0 Å². The van der Waals surface area contributed by atoms with Gasteiger partial charge >= 0.3 is 0 Å². The molecule has 0 radical (unpaired) electrons. The second-order valence-electron chi connectivity index (χ2n) is 6.01. The Morgan fingerprint density at radius 3 is 2.27 bits per heavy atom. The largest absolute Gasteiger partial charge is 0.459 e. The fraction of sp³-hybridized carbons (Fsp3) is 0.143. The standard InChI is InChI=1S/C21H20N2O3/c1-15(16-7-4-3-5-8-16)23(2)21(25)17-10-12-18(13-11-17)22-20(24)19-9-6-14-26-19/h3-15H,1-2H3,(H,22,24)/t15-/m0/s1. The van der Waals surface area contributed by atoms with E-state index in [0.717, 1.165) is 5.56 Å². The molecule has 1 atom stereocenters. The van der Waals surface area contributed by atoms with Gasteiger partial charge < -0.3 is 14.6 Å². The predicted molar refractivity (Wildman–Crippen MR) is 100 cm³/mol. The molecule has 0 aliphatic heterocycles. The summed E-state index contributed by atoms with van der Waals surface area (Å²) < 4.78 is 5.06. The van der Waals surface area contributed by atoms with E-state index in [0.29, 0.717) is 11.3 Å². The van der Waals surface area contributed by atoms with Gasteiger partial charge in [-0.3, -0.25) is 9.59 Å². The zero-order chi connectivity index (χ0) is 18.5. The molecule has 1 heterocycles.